The van der Waals surface area contributed by atoms with Crippen molar-refractivity contribution in [2.45, 2.75) is 6.04 Å². The van der Waals surface area contributed by atoms with E-state index >= 15 is 0 Å². The highest BCUT2D eigenvalue weighted by Crippen LogP contribution is 2.16. The lowest BCUT2D eigenvalue weighted by molar-refractivity contribution is -0.123. The minimum atomic E-state index is -3.17. The molecule has 1 aliphatic heterocycles. The normalized spacial score (nSPS) is 19.6. The Hall–Kier alpha value is -2.02. The van der Waals surface area contributed by atoms with E-state index in [9.17, 15) is 13.2 Å². The van der Waals surface area contributed by atoms with Gasteiger partial charge in [0.1, 0.15) is 11.5 Å². The minimum Gasteiger partial charge on any atom is -0.497 e. The monoisotopic (exact) mass is 297 g/mol. The van der Waals surface area contributed by atoms with E-state index in [1.165, 1.54) is 6.08 Å². The second-order valence-corrected chi connectivity index (χ2v) is 6.23. The van der Waals surface area contributed by atoms with Gasteiger partial charge >= 0.3 is 0 Å². The number of benzene rings is 1. The number of methoxy groups -OCH3 is 1. The molecule has 108 valence electrons. The lowest BCUT2D eigenvalue weighted by atomic mass is 10.3. The van der Waals surface area contributed by atoms with Crippen LogP contribution >= 0.6 is 0 Å². The number of hydrogen-bond donors (Lipinski definition) is 1. The fourth-order valence-corrected chi connectivity index (χ4v) is 2.97. The molecule has 0 saturated carbocycles. The first-order valence-electron chi connectivity index (χ1n) is 5.96. The van der Waals surface area contributed by atoms with Gasteiger partial charge in [-0.1, -0.05) is 0 Å². The molecular weight excluding hydrogens is 282 g/mol. The Labute approximate surface area is 117 Å². The van der Waals surface area contributed by atoms with Crippen LogP contribution in [0.25, 0.3) is 0 Å². The number of nitrogens with one attached hydrogen (secondary N) is 1. The van der Waals surface area contributed by atoms with Gasteiger partial charge in [0.15, 0.2) is 16.4 Å². The summed E-state index contributed by atoms with van der Waals surface area (Å²) in [6.45, 7) is -0.170. The zero-order valence-corrected chi connectivity index (χ0v) is 11.7. The molecule has 0 bridgehead atoms. The van der Waals surface area contributed by atoms with Gasteiger partial charge in [0, 0.05) is 5.41 Å². The lowest BCUT2D eigenvalue weighted by Crippen LogP contribution is -2.38. The largest absolute Gasteiger partial charge is 0.497 e. The van der Waals surface area contributed by atoms with Crippen molar-refractivity contribution < 1.29 is 22.7 Å². The molecule has 0 aliphatic carbocycles. The predicted molar refractivity (Wildman–Crippen MR) is 73.3 cm³/mol. The molecule has 1 aliphatic rings. The van der Waals surface area contributed by atoms with E-state index in [0.717, 1.165) is 5.41 Å². The Morgan fingerprint density at radius 1 is 1.30 bits per heavy atom. The maximum atomic E-state index is 11.6. The molecule has 20 heavy (non-hydrogen) atoms. The first-order valence-corrected chi connectivity index (χ1v) is 7.67. The zero-order valence-electron chi connectivity index (χ0n) is 10.9. The summed E-state index contributed by atoms with van der Waals surface area (Å²) in [5.74, 6) is 0.771. The third kappa shape index (κ3) is 3.99. The molecule has 1 aromatic rings. The summed E-state index contributed by atoms with van der Waals surface area (Å²) in [5, 5.41) is 3.69. The molecule has 1 aromatic carbocycles. The SMILES string of the molecule is COc1ccc(OCC(=O)N[C@H]2C=CS(=O)(=O)C2)cc1. The van der Waals surface area contributed by atoms with Crippen LogP contribution in [0.5, 0.6) is 11.5 Å². The topological polar surface area (TPSA) is 81.7 Å². The third-order valence-electron chi connectivity index (χ3n) is 2.71. The van der Waals surface area contributed by atoms with Crippen LogP contribution in [0.4, 0.5) is 0 Å². The summed E-state index contributed by atoms with van der Waals surface area (Å²) < 4.78 is 32.7. The molecule has 1 heterocycles. The van der Waals surface area contributed by atoms with Crippen molar-refractivity contribution in [1.29, 1.82) is 0 Å². The van der Waals surface area contributed by atoms with E-state index in [-0.39, 0.29) is 18.3 Å². The summed E-state index contributed by atoms with van der Waals surface area (Å²) in [5.41, 5.74) is 0. The Kier molecular flexibility index (Phi) is 4.29. The van der Waals surface area contributed by atoms with Crippen LogP contribution in [0, 0.1) is 0 Å². The Morgan fingerprint density at radius 2 is 1.95 bits per heavy atom. The second-order valence-electron chi connectivity index (χ2n) is 4.30. The quantitative estimate of drug-likeness (QED) is 0.856. The van der Waals surface area contributed by atoms with E-state index in [4.69, 9.17) is 9.47 Å². The fraction of sp³-hybridized carbons (Fsp3) is 0.308. The zero-order chi connectivity index (χ0) is 14.6. The number of hydrogen-bond acceptors (Lipinski definition) is 5. The van der Waals surface area contributed by atoms with Crippen LogP contribution in [0.3, 0.4) is 0 Å². The average molecular weight is 297 g/mol. The number of sulfone groups is 1. The molecule has 0 radical (unpaired) electrons. The number of ether oxygens (including phenoxy) is 2. The van der Waals surface area contributed by atoms with Crippen molar-refractivity contribution in [3.8, 4) is 11.5 Å². The lowest BCUT2D eigenvalue weighted by Gasteiger charge is -2.11. The van der Waals surface area contributed by atoms with E-state index < -0.39 is 15.9 Å². The van der Waals surface area contributed by atoms with E-state index in [1.54, 1.807) is 31.4 Å². The van der Waals surface area contributed by atoms with Gasteiger partial charge in [0.25, 0.3) is 5.91 Å². The molecule has 1 N–H and O–H groups in total. The molecule has 0 aromatic heterocycles. The molecule has 0 fully saturated rings. The Morgan fingerprint density at radius 3 is 2.50 bits per heavy atom. The van der Waals surface area contributed by atoms with Crippen molar-refractivity contribution in [2.24, 2.45) is 0 Å². The van der Waals surface area contributed by atoms with Gasteiger partial charge in [-0.25, -0.2) is 8.42 Å². The molecule has 0 unspecified atom stereocenters. The second kappa shape index (κ2) is 5.96. The molecule has 6 nitrogen and oxygen atoms in total. The van der Waals surface area contributed by atoms with E-state index in [0.29, 0.717) is 11.5 Å². The maximum Gasteiger partial charge on any atom is 0.258 e. The van der Waals surface area contributed by atoms with Crippen LogP contribution in [-0.4, -0.2) is 39.8 Å². The van der Waals surface area contributed by atoms with Gasteiger partial charge in [0.2, 0.25) is 0 Å². The van der Waals surface area contributed by atoms with E-state index in [1.807, 2.05) is 0 Å². The first kappa shape index (κ1) is 14.4. The maximum absolute atomic E-state index is 11.6. The smallest absolute Gasteiger partial charge is 0.258 e. The Balaban J connectivity index is 1.79. The standard InChI is InChI=1S/C13H15NO5S/c1-18-11-2-4-12(5-3-11)19-8-13(15)14-10-6-7-20(16,17)9-10/h2-7,10H,8-9H2,1H3,(H,14,15)/t10-/m0/s1. The van der Waals surface area contributed by atoms with Gasteiger partial charge in [-0.15, -0.1) is 0 Å². The highest BCUT2D eigenvalue weighted by atomic mass is 32.2. The number of rotatable bonds is 5. The predicted octanol–water partition coefficient (Wildman–Crippen LogP) is 0.501. The summed E-state index contributed by atoms with van der Waals surface area (Å²) in [6, 6.07) is 6.34. The summed E-state index contributed by atoms with van der Waals surface area (Å²) in [7, 11) is -1.60. The van der Waals surface area contributed by atoms with Gasteiger partial charge in [-0.3, -0.25) is 4.79 Å². The molecular formula is C13H15NO5S. The molecule has 7 heteroatoms. The van der Waals surface area contributed by atoms with Gasteiger partial charge in [-0.05, 0) is 30.3 Å². The molecule has 1 atom stereocenters. The summed E-state index contributed by atoms with van der Waals surface area (Å²) in [4.78, 5) is 11.6. The first-order chi connectivity index (χ1) is 9.48. The number of carbonyl (C=O) groups is 1. The van der Waals surface area contributed by atoms with Crippen LogP contribution < -0.4 is 14.8 Å². The van der Waals surface area contributed by atoms with Crippen LogP contribution in [-0.2, 0) is 14.6 Å². The van der Waals surface area contributed by atoms with Crippen molar-refractivity contribution in [3.63, 3.8) is 0 Å². The molecule has 0 spiro atoms. The van der Waals surface area contributed by atoms with E-state index in [2.05, 4.69) is 5.32 Å². The third-order valence-corrected chi connectivity index (χ3v) is 4.10. The highest BCUT2D eigenvalue weighted by Gasteiger charge is 2.22. The van der Waals surface area contributed by atoms with Crippen molar-refractivity contribution >= 4 is 15.7 Å². The molecule has 1 amide bonds. The summed E-state index contributed by atoms with van der Waals surface area (Å²) in [6.07, 6.45) is 1.46. The molecule has 2 rings (SSSR count). The van der Waals surface area contributed by atoms with Gasteiger partial charge in [-0.2, -0.15) is 0 Å². The average Bonchev–Trinajstić information content (AvgIpc) is 2.76. The van der Waals surface area contributed by atoms with Crippen molar-refractivity contribution in [2.75, 3.05) is 19.5 Å². The number of amides is 1. The van der Waals surface area contributed by atoms with Crippen LogP contribution in [0.2, 0.25) is 0 Å². The highest BCUT2D eigenvalue weighted by molar-refractivity contribution is 7.94. The summed E-state index contributed by atoms with van der Waals surface area (Å²) >= 11 is 0. The minimum absolute atomic E-state index is 0.0960. The Bertz CT molecular complexity index is 606. The number of carbonyl (C=O) groups excluding carboxylic acids is 1. The van der Waals surface area contributed by atoms with Crippen molar-refractivity contribution in [3.05, 3.63) is 35.7 Å². The van der Waals surface area contributed by atoms with Gasteiger partial charge in [0.05, 0.1) is 18.9 Å². The fourth-order valence-electron chi connectivity index (χ4n) is 1.73. The molecule has 0 saturated heterocycles. The van der Waals surface area contributed by atoms with Crippen molar-refractivity contribution in [1.82, 2.24) is 5.32 Å². The van der Waals surface area contributed by atoms with Crippen LogP contribution in [0.15, 0.2) is 35.7 Å². The van der Waals surface area contributed by atoms with Gasteiger partial charge < -0.3 is 14.8 Å². The van der Waals surface area contributed by atoms with Crippen LogP contribution in [0.1, 0.15) is 0 Å².